The Labute approximate surface area is 198 Å². The summed E-state index contributed by atoms with van der Waals surface area (Å²) >= 11 is 0. The molecule has 0 saturated heterocycles. The Morgan fingerprint density at radius 1 is 0.971 bits per heavy atom. The molecule has 1 aromatic heterocycles. The summed E-state index contributed by atoms with van der Waals surface area (Å²) in [6, 6.07) is 15.7. The lowest BCUT2D eigenvalue weighted by Crippen LogP contribution is -2.45. The van der Waals surface area contributed by atoms with Crippen LogP contribution in [0.1, 0.15) is 37.6 Å². The largest absolute Gasteiger partial charge is 0.469 e. The van der Waals surface area contributed by atoms with Crippen molar-refractivity contribution in [3.8, 4) is 0 Å². The summed E-state index contributed by atoms with van der Waals surface area (Å²) in [5, 5.41) is 0.885. The van der Waals surface area contributed by atoms with Gasteiger partial charge < -0.3 is 14.2 Å². The van der Waals surface area contributed by atoms with Crippen LogP contribution in [-0.4, -0.2) is 43.0 Å². The molecule has 2 atom stereocenters. The highest BCUT2D eigenvalue weighted by Gasteiger charge is 2.46. The van der Waals surface area contributed by atoms with Gasteiger partial charge in [-0.15, -0.1) is 0 Å². The van der Waals surface area contributed by atoms with Crippen LogP contribution in [0.5, 0.6) is 0 Å². The summed E-state index contributed by atoms with van der Waals surface area (Å²) in [7, 11) is 1.33. The Kier molecular flexibility index (Phi) is 6.86. The van der Waals surface area contributed by atoms with Crippen molar-refractivity contribution in [1.29, 1.82) is 0 Å². The number of benzene rings is 2. The molecular formula is C26H28N2O6. The van der Waals surface area contributed by atoms with Crippen molar-refractivity contribution >= 4 is 34.7 Å². The number of carbonyl (C=O) groups is 3. The quantitative estimate of drug-likeness (QED) is 0.386. The number of aromatic nitrogens is 1. The molecule has 178 valence electrons. The minimum absolute atomic E-state index is 0.158. The number of esters is 1. The van der Waals surface area contributed by atoms with Crippen LogP contribution in [0.3, 0.4) is 0 Å². The minimum atomic E-state index is -0.838. The molecule has 2 unspecified atom stereocenters. The van der Waals surface area contributed by atoms with Crippen LogP contribution in [0.2, 0.25) is 0 Å². The van der Waals surface area contributed by atoms with Crippen LogP contribution < -0.4 is 4.90 Å². The Balaban J connectivity index is 2.04. The maximum atomic E-state index is 13.4. The third-order valence-electron chi connectivity index (χ3n) is 6.12. The number of nitrogens with zero attached hydrogens (tertiary/aromatic N) is 2. The number of para-hydroxylation sites is 2. The smallest absolute Gasteiger partial charge is 0.418 e. The van der Waals surface area contributed by atoms with Crippen LogP contribution in [0.4, 0.5) is 15.3 Å². The molecule has 8 heteroatoms. The highest BCUT2D eigenvalue weighted by Crippen LogP contribution is 2.45. The van der Waals surface area contributed by atoms with Crippen LogP contribution in [0.15, 0.2) is 54.6 Å². The molecule has 2 aromatic carbocycles. The van der Waals surface area contributed by atoms with E-state index in [0.717, 1.165) is 10.9 Å². The zero-order valence-corrected chi connectivity index (χ0v) is 19.5. The third-order valence-corrected chi connectivity index (χ3v) is 6.12. The molecule has 8 nitrogen and oxygen atoms in total. The monoisotopic (exact) mass is 464 g/mol. The van der Waals surface area contributed by atoms with Crippen LogP contribution in [0, 0.1) is 5.92 Å². The van der Waals surface area contributed by atoms with Crippen molar-refractivity contribution in [3.63, 3.8) is 0 Å². The summed E-state index contributed by atoms with van der Waals surface area (Å²) in [4.78, 5) is 41.0. The molecule has 1 aliphatic rings. The Morgan fingerprint density at radius 3 is 2.32 bits per heavy atom. The van der Waals surface area contributed by atoms with E-state index >= 15 is 0 Å². The number of hydrogen-bond acceptors (Lipinski definition) is 6. The third kappa shape index (κ3) is 4.00. The fourth-order valence-corrected chi connectivity index (χ4v) is 4.79. The van der Waals surface area contributed by atoms with E-state index in [-0.39, 0.29) is 13.2 Å². The first kappa shape index (κ1) is 23.4. The highest BCUT2D eigenvalue weighted by atomic mass is 16.6. The lowest BCUT2D eigenvalue weighted by atomic mass is 9.81. The first-order valence-electron chi connectivity index (χ1n) is 11.4. The minimum Gasteiger partial charge on any atom is -0.469 e. The zero-order valence-electron chi connectivity index (χ0n) is 19.5. The number of anilines is 1. The van der Waals surface area contributed by atoms with E-state index in [2.05, 4.69) is 0 Å². The summed E-state index contributed by atoms with van der Waals surface area (Å²) in [5.74, 6) is -1.17. The van der Waals surface area contributed by atoms with E-state index in [1.807, 2.05) is 30.3 Å². The lowest BCUT2D eigenvalue weighted by molar-refractivity contribution is -0.146. The van der Waals surface area contributed by atoms with Crippen molar-refractivity contribution in [3.05, 3.63) is 65.9 Å². The van der Waals surface area contributed by atoms with Gasteiger partial charge in [-0.2, -0.15) is 0 Å². The molecule has 1 amide bonds. The van der Waals surface area contributed by atoms with Crippen molar-refractivity contribution in [2.45, 2.75) is 32.7 Å². The van der Waals surface area contributed by atoms with Gasteiger partial charge in [0.2, 0.25) is 0 Å². The van der Waals surface area contributed by atoms with Gasteiger partial charge in [-0.25, -0.2) is 14.2 Å². The van der Waals surface area contributed by atoms with Crippen LogP contribution >= 0.6 is 0 Å². The second-order valence-electron chi connectivity index (χ2n) is 7.93. The number of hydrogen-bond donors (Lipinski definition) is 0. The van der Waals surface area contributed by atoms with Gasteiger partial charge in [-0.1, -0.05) is 36.4 Å². The fraction of sp³-hybridized carbons (Fsp3) is 0.346. The SMILES string of the molecule is CCOC(=O)N(c1ccccc1)C1c2c(c3ccccc3n2C(=O)OCC)CCC1C(=O)OC. The average Bonchev–Trinajstić information content (AvgIpc) is 3.19. The first-order chi connectivity index (χ1) is 16.5. The molecule has 1 aliphatic carbocycles. The van der Waals surface area contributed by atoms with Gasteiger partial charge in [0, 0.05) is 11.1 Å². The molecule has 0 saturated carbocycles. The van der Waals surface area contributed by atoms with Gasteiger partial charge in [0.25, 0.3) is 0 Å². The van der Waals surface area contributed by atoms with E-state index in [4.69, 9.17) is 14.2 Å². The summed E-state index contributed by atoms with van der Waals surface area (Å²) in [6.07, 6.45) is -0.179. The molecule has 0 N–H and O–H groups in total. The Hall–Kier alpha value is -3.81. The van der Waals surface area contributed by atoms with E-state index in [9.17, 15) is 14.4 Å². The Morgan fingerprint density at radius 2 is 1.65 bits per heavy atom. The van der Waals surface area contributed by atoms with E-state index in [1.165, 1.54) is 16.6 Å². The number of fused-ring (bicyclic) bond motifs is 3. The van der Waals surface area contributed by atoms with Crippen molar-refractivity contribution in [1.82, 2.24) is 4.57 Å². The molecule has 4 rings (SSSR count). The number of aryl methyl sites for hydroxylation is 1. The van der Waals surface area contributed by atoms with Crippen molar-refractivity contribution in [2.75, 3.05) is 25.2 Å². The molecular weight excluding hydrogens is 436 g/mol. The molecule has 3 aromatic rings. The van der Waals surface area contributed by atoms with Gasteiger partial charge >= 0.3 is 18.2 Å². The van der Waals surface area contributed by atoms with E-state index in [1.54, 1.807) is 38.1 Å². The van der Waals surface area contributed by atoms with E-state index in [0.29, 0.717) is 29.7 Å². The van der Waals surface area contributed by atoms with Crippen molar-refractivity contribution < 1.29 is 28.6 Å². The first-order valence-corrected chi connectivity index (χ1v) is 11.4. The summed E-state index contributed by atoms with van der Waals surface area (Å²) < 4.78 is 17.4. The second-order valence-corrected chi connectivity index (χ2v) is 7.93. The summed E-state index contributed by atoms with van der Waals surface area (Å²) in [5.41, 5.74) is 2.66. The van der Waals surface area contributed by atoms with Gasteiger partial charge in [0.15, 0.2) is 0 Å². The maximum absolute atomic E-state index is 13.4. The molecule has 0 aliphatic heterocycles. The molecule has 0 fully saturated rings. The predicted octanol–water partition coefficient (Wildman–Crippen LogP) is 5.09. The van der Waals surface area contributed by atoms with Crippen molar-refractivity contribution in [2.24, 2.45) is 5.92 Å². The number of amides is 1. The maximum Gasteiger partial charge on any atom is 0.418 e. The Bertz CT molecular complexity index is 1200. The van der Waals surface area contributed by atoms with Crippen LogP contribution in [0.25, 0.3) is 10.9 Å². The fourth-order valence-electron chi connectivity index (χ4n) is 4.79. The second kappa shape index (κ2) is 9.99. The predicted molar refractivity (Wildman–Crippen MR) is 127 cm³/mol. The number of methoxy groups -OCH3 is 1. The van der Waals surface area contributed by atoms with Gasteiger partial charge in [-0.05, 0) is 50.5 Å². The van der Waals surface area contributed by atoms with Gasteiger partial charge in [-0.3, -0.25) is 9.69 Å². The standard InChI is InChI=1S/C26H28N2O6/c1-4-33-25(30)27(17-11-7-6-8-12-17)23-20(24(29)32-3)16-15-19-18-13-9-10-14-21(18)28(22(19)23)26(31)34-5-2/h6-14,20,23H,4-5,15-16H2,1-3H3. The number of ether oxygens (including phenoxy) is 3. The van der Waals surface area contributed by atoms with E-state index < -0.39 is 30.1 Å². The molecule has 0 spiro atoms. The summed E-state index contributed by atoms with van der Waals surface area (Å²) in [6.45, 7) is 3.80. The zero-order chi connectivity index (χ0) is 24.2. The van der Waals surface area contributed by atoms with Crippen LogP contribution in [-0.2, 0) is 25.4 Å². The molecule has 34 heavy (non-hydrogen) atoms. The molecule has 0 bridgehead atoms. The molecule has 1 heterocycles. The lowest BCUT2D eigenvalue weighted by Gasteiger charge is -2.38. The topological polar surface area (TPSA) is 87.1 Å². The number of carbonyl (C=O) groups excluding carboxylic acids is 3. The molecule has 0 radical (unpaired) electrons. The highest BCUT2D eigenvalue weighted by molar-refractivity contribution is 5.97. The van der Waals surface area contributed by atoms with Gasteiger partial charge in [0.1, 0.15) is 0 Å². The normalized spacial score (nSPS) is 17.0. The average molecular weight is 465 g/mol. The van der Waals surface area contributed by atoms with Gasteiger partial charge in [0.05, 0.1) is 43.5 Å². The number of rotatable bonds is 5.